The van der Waals surface area contributed by atoms with Crippen LogP contribution >= 0.6 is 11.6 Å². The maximum absolute atomic E-state index is 12.7. The molecule has 0 spiro atoms. The van der Waals surface area contributed by atoms with E-state index in [1.54, 1.807) is 17.9 Å². The molecule has 4 heterocycles. The number of fused-ring (bicyclic) bond motifs is 2. The molecule has 1 aliphatic carbocycles. The highest BCUT2D eigenvalue weighted by Gasteiger charge is 2.58. The monoisotopic (exact) mass is 437 g/mol. The van der Waals surface area contributed by atoms with E-state index >= 15 is 0 Å². The molecule has 1 saturated carbocycles. The first kappa shape index (κ1) is 18.6. The van der Waals surface area contributed by atoms with E-state index in [1.807, 2.05) is 12.1 Å². The van der Waals surface area contributed by atoms with Gasteiger partial charge < -0.3 is 14.0 Å². The van der Waals surface area contributed by atoms with Gasteiger partial charge in [-0.2, -0.15) is 4.98 Å². The molecular formula is C21H20ClN7O2. The standard InChI is InChI=1S/C21H20ClN7O2/c1-11-3-12(22)5-13(4-11)28-6-14-15(7-28)17(14)19-25-16(31-26-19)8-29-10-24-20-18(21(29)30)27(2)9-23-20/h3-5,9-10,14-15,17H,6-8H2,1-2H3. The maximum atomic E-state index is 12.7. The summed E-state index contributed by atoms with van der Waals surface area (Å²) in [5, 5.41) is 4.97. The third-order valence-electron chi connectivity index (χ3n) is 6.37. The second kappa shape index (κ2) is 6.65. The number of imidazole rings is 1. The van der Waals surface area contributed by atoms with Gasteiger partial charge in [0.05, 0.1) is 6.33 Å². The van der Waals surface area contributed by atoms with Crippen LogP contribution in [0.1, 0.15) is 23.2 Å². The van der Waals surface area contributed by atoms with E-state index < -0.39 is 0 Å². The number of aryl methyl sites for hydroxylation is 2. The molecule has 1 aliphatic heterocycles. The predicted octanol–water partition coefficient (Wildman–Crippen LogP) is 2.37. The Labute approximate surface area is 182 Å². The Hall–Kier alpha value is -3.20. The molecule has 1 saturated heterocycles. The molecule has 2 fully saturated rings. The molecule has 6 rings (SSSR count). The number of piperidine rings is 1. The second-order valence-corrected chi connectivity index (χ2v) is 8.93. The minimum Gasteiger partial charge on any atom is -0.371 e. The second-order valence-electron chi connectivity index (χ2n) is 8.50. The molecule has 4 aromatic rings. The zero-order valence-corrected chi connectivity index (χ0v) is 17.8. The third kappa shape index (κ3) is 3.03. The highest BCUT2D eigenvalue weighted by atomic mass is 35.5. The van der Waals surface area contributed by atoms with Crippen LogP contribution in [0.25, 0.3) is 11.2 Å². The Balaban J connectivity index is 1.17. The van der Waals surface area contributed by atoms with Gasteiger partial charge in [0.25, 0.3) is 5.56 Å². The van der Waals surface area contributed by atoms with Crippen LogP contribution in [0.4, 0.5) is 5.69 Å². The zero-order chi connectivity index (χ0) is 21.3. The van der Waals surface area contributed by atoms with Crippen molar-refractivity contribution in [3.8, 4) is 0 Å². The molecule has 1 aromatic carbocycles. The van der Waals surface area contributed by atoms with Crippen molar-refractivity contribution >= 4 is 28.5 Å². The lowest BCUT2D eigenvalue weighted by Crippen LogP contribution is -2.24. The Bertz CT molecular complexity index is 1340. The molecule has 2 unspecified atom stereocenters. The van der Waals surface area contributed by atoms with E-state index in [9.17, 15) is 4.79 Å². The average Bonchev–Trinajstić information content (AvgIpc) is 3.15. The van der Waals surface area contributed by atoms with Gasteiger partial charge in [-0.25, -0.2) is 9.97 Å². The number of rotatable bonds is 4. The lowest BCUT2D eigenvalue weighted by Gasteiger charge is -2.22. The Morgan fingerprint density at radius 3 is 2.71 bits per heavy atom. The first-order valence-electron chi connectivity index (χ1n) is 10.2. The fourth-order valence-corrected chi connectivity index (χ4v) is 5.10. The van der Waals surface area contributed by atoms with Crippen LogP contribution in [0, 0.1) is 18.8 Å². The van der Waals surface area contributed by atoms with Crippen molar-refractivity contribution in [3.63, 3.8) is 0 Å². The van der Waals surface area contributed by atoms with E-state index in [0.29, 0.717) is 34.8 Å². The van der Waals surface area contributed by atoms with Gasteiger partial charge in [-0.05, 0) is 42.5 Å². The minimum atomic E-state index is -0.180. The van der Waals surface area contributed by atoms with Crippen molar-refractivity contribution in [2.45, 2.75) is 19.4 Å². The van der Waals surface area contributed by atoms with Crippen LogP contribution in [0.15, 0.2) is 40.2 Å². The summed E-state index contributed by atoms with van der Waals surface area (Å²) < 4.78 is 8.59. The molecule has 0 amide bonds. The van der Waals surface area contributed by atoms with Gasteiger partial charge in [0.1, 0.15) is 12.9 Å². The molecule has 3 aromatic heterocycles. The molecule has 10 heteroatoms. The molecule has 2 atom stereocenters. The number of aromatic nitrogens is 6. The van der Waals surface area contributed by atoms with Crippen LogP contribution in [0.5, 0.6) is 0 Å². The summed E-state index contributed by atoms with van der Waals surface area (Å²) in [6.45, 7) is 4.16. The van der Waals surface area contributed by atoms with E-state index in [-0.39, 0.29) is 12.1 Å². The smallest absolute Gasteiger partial charge is 0.280 e. The van der Waals surface area contributed by atoms with Crippen molar-refractivity contribution in [1.82, 2.24) is 29.2 Å². The molecular weight excluding hydrogens is 418 g/mol. The highest BCUT2D eigenvalue weighted by molar-refractivity contribution is 6.30. The summed E-state index contributed by atoms with van der Waals surface area (Å²) in [6.07, 6.45) is 3.05. The molecule has 0 bridgehead atoms. The first-order valence-corrected chi connectivity index (χ1v) is 10.6. The van der Waals surface area contributed by atoms with Gasteiger partial charge in [-0.3, -0.25) is 9.36 Å². The summed E-state index contributed by atoms with van der Waals surface area (Å²) in [5.74, 6) is 2.48. The van der Waals surface area contributed by atoms with Gasteiger partial charge >= 0.3 is 0 Å². The van der Waals surface area contributed by atoms with Gasteiger partial charge in [-0.1, -0.05) is 16.8 Å². The molecule has 158 valence electrons. The molecule has 2 aliphatic rings. The van der Waals surface area contributed by atoms with Crippen molar-refractivity contribution in [1.29, 1.82) is 0 Å². The number of benzene rings is 1. The van der Waals surface area contributed by atoms with E-state index in [4.69, 9.17) is 16.1 Å². The summed E-state index contributed by atoms with van der Waals surface area (Å²) in [6, 6.07) is 6.16. The van der Waals surface area contributed by atoms with Crippen LogP contribution in [-0.4, -0.2) is 42.3 Å². The van der Waals surface area contributed by atoms with E-state index in [0.717, 1.165) is 29.5 Å². The van der Waals surface area contributed by atoms with Crippen molar-refractivity contribution in [3.05, 3.63) is 63.5 Å². The van der Waals surface area contributed by atoms with Gasteiger partial charge in [0.2, 0.25) is 5.89 Å². The molecule has 31 heavy (non-hydrogen) atoms. The van der Waals surface area contributed by atoms with Gasteiger partial charge in [0.15, 0.2) is 17.0 Å². The number of nitrogens with zero attached hydrogens (tertiary/aromatic N) is 7. The van der Waals surface area contributed by atoms with Crippen molar-refractivity contribution in [2.75, 3.05) is 18.0 Å². The zero-order valence-electron chi connectivity index (χ0n) is 17.1. The van der Waals surface area contributed by atoms with Crippen LogP contribution < -0.4 is 10.5 Å². The topological polar surface area (TPSA) is 94.9 Å². The largest absolute Gasteiger partial charge is 0.371 e. The lowest BCUT2D eigenvalue weighted by molar-refractivity contribution is 0.363. The van der Waals surface area contributed by atoms with Crippen molar-refractivity contribution in [2.24, 2.45) is 18.9 Å². The third-order valence-corrected chi connectivity index (χ3v) is 6.59. The normalized spacial score (nSPS) is 22.3. The highest BCUT2D eigenvalue weighted by Crippen LogP contribution is 2.58. The number of halogens is 1. The Morgan fingerprint density at radius 2 is 1.94 bits per heavy atom. The van der Waals surface area contributed by atoms with E-state index in [2.05, 4.69) is 38.0 Å². The Kier molecular flexibility index (Phi) is 3.98. The van der Waals surface area contributed by atoms with Crippen LogP contribution in [-0.2, 0) is 13.6 Å². The first-order chi connectivity index (χ1) is 15.0. The number of hydrogen-bond acceptors (Lipinski definition) is 7. The summed E-state index contributed by atoms with van der Waals surface area (Å²) in [4.78, 5) is 28.0. The number of anilines is 1. The summed E-state index contributed by atoms with van der Waals surface area (Å²) >= 11 is 6.22. The fourth-order valence-electron chi connectivity index (χ4n) is 4.82. The van der Waals surface area contributed by atoms with Crippen LogP contribution in [0.3, 0.4) is 0 Å². The van der Waals surface area contributed by atoms with Gasteiger partial charge in [0, 0.05) is 36.8 Å². The van der Waals surface area contributed by atoms with Crippen molar-refractivity contribution < 1.29 is 4.52 Å². The quantitative estimate of drug-likeness (QED) is 0.483. The molecule has 9 nitrogen and oxygen atoms in total. The predicted molar refractivity (Wildman–Crippen MR) is 114 cm³/mol. The maximum Gasteiger partial charge on any atom is 0.280 e. The molecule has 0 N–H and O–H groups in total. The molecule has 0 radical (unpaired) electrons. The fraction of sp³-hybridized carbons (Fsp3) is 0.381. The average molecular weight is 438 g/mol. The van der Waals surface area contributed by atoms with Gasteiger partial charge in [-0.15, -0.1) is 0 Å². The van der Waals surface area contributed by atoms with Crippen LogP contribution in [0.2, 0.25) is 5.02 Å². The summed E-state index contributed by atoms with van der Waals surface area (Å²) in [5.41, 5.74) is 3.04. The van der Waals surface area contributed by atoms with E-state index in [1.165, 1.54) is 16.6 Å². The SMILES string of the molecule is Cc1cc(Cl)cc(N2CC3C(C2)C3c2noc(Cn3cnc4ncn(C)c4c3=O)n2)c1. The lowest BCUT2D eigenvalue weighted by atomic mass is 10.2. The summed E-state index contributed by atoms with van der Waals surface area (Å²) in [7, 11) is 1.77. The minimum absolute atomic E-state index is 0.180. The number of hydrogen-bond donors (Lipinski definition) is 0. The Morgan fingerprint density at radius 1 is 1.16 bits per heavy atom.